The molecule has 0 atom stereocenters. The summed E-state index contributed by atoms with van der Waals surface area (Å²) in [4.78, 5) is 21.3. The molecule has 5 nitrogen and oxygen atoms in total. The third-order valence-corrected chi connectivity index (χ3v) is 1.72. The molecular weight excluding hydrogens is 198 g/mol. The maximum absolute atomic E-state index is 10.8. The molecular formula is C10H19NO4. The largest absolute Gasteiger partial charge is 0.379 e. The van der Waals surface area contributed by atoms with E-state index in [9.17, 15) is 9.59 Å². The van der Waals surface area contributed by atoms with Crippen molar-refractivity contribution in [2.24, 2.45) is 0 Å². The first kappa shape index (κ1) is 14.1. The first-order valence-corrected chi connectivity index (χ1v) is 5.02. The zero-order valence-electron chi connectivity index (χ0n) is 9.38. The van der Waals surface area contributed by atoms with Crippen LogP contribution in [0.2, 0.25) is 0 Å². The summed E-state index contributed by atoms with van der Waals surface area (Å²) in [5.74, 6) is 0.0861. The van der Waals surface area contributed by atoms with Crippen LogP contribution >= 0.6 is 0 Å². The number of hydrogen-bond acceptors (Lipinski definition) is 4. The lowest BCUT2D eigenvalue weighted by atomic mass is 10.3. The molecule has 88 valence electrons. The minimum Gasteiger partial charge on any atom is -0.379 e. The average Bonchev–Trinajstić information content (AvgIpc) is 2.21. The number of rotatable bonds is 9. The molecule has 0 bridgehead atoms. The lowest BCUT2D eigenvalue weighted by molar-refractivity contribution is -0.122. The molecule has 0 unspecified atom stereocenters. The van der Waals surface area contributed by atoms with Gasteiger partial charge in [0.05, 0.1) is 26.4 Å². The minimum absolute atomic E-state index is 0.0347. The molecule has 0 aromatic rings. The number of Topliss-reactive ketones (excluding diaryl/α,β-unsaturated/α-hetero) is 1. The molecule has 5 heteroatoms. The van der Waals surface area contributed by atoms with E-state index in [4.69, 9.17) is 9.47 Å². The summed E-state index contributed by atoms with van der Waals surface area (Å²) < 4.78 is 10.3. The molecule has 0 radical (unpaired) electrons. The van der Waals surface area contributed by atoms with E-state index in [2.05, 4.69) is 5.32 Å². The summed E-state index contributed by atoms with van der Waals surface area (Å²) in [7, 11) is 1.59. The Bertz CT molecular complexity index is 194. The van der Waals surface area contributed by atoms with Gasteiger partial charge < -0.3 is 14.8 Å². The molecule has 0 aliphatic rings. The van der Waals surface area contributed by atoms with Gasteiger partial charge in [0.15, 0.2) is 0 Å². The normalized spacial score (nSPS) is 10.0. The number of carbonyl (C=O) groups excluding carboxylic acids is 2. The molecule has 1 amide bonds. The van der Waals surface area contributed by atoms with Gasteiger partial charge >= 0.3 is 0 Å². The number of ether oxygens (including phenoxy) is 2. The van der Waals surface area contributed by atoms with E-state index in [1.54, 1.807) is 7.05 Å². The molecule has 0 aromatic heterocycles. The fourth-order valence-corrected chi connectivity index (χ4v) is 0.828. The van der Waals surface area contributed by atoms with Crippen LogP contribution in [-0.4, -0.2) is 45.2 Å². The molecule has 0 rings (SSSR count). The van der Waals surface area contributed by atoms with Gasteiger partial charge in [0.25, 0.3) is 0 Å². The highest BCUT2D eigenvalue weighted by Crippen LogP contribution is 1.86. The zero-order valence-corrected chi connectivity index (χ0v) is 9.38. The molecule has 0 saturated carbocycles. The smallest absolute Gasteiger partial charge is 0.222 e. The van der Waals surface area contributed by atoms with Crippen molar-refractivity contribution in [3.05, 3.63) is 0 Å². The van der Waals surface area contributed by atoms with E-state index in [0.29, 0.717) is 39.3 Å². The van der Waals surface area contributed by atoms with Crippen LogP contribution in [0.3, 0.4) is 0 Å². The summed E-state index contributed by atoms with van der Waals surface area (Å²) >= 11 is 0. The summed E-state index contributed by atoms with van der Waals surface area (Å²) in [6, 6.07) is 0. The van der Waals surface area contributed by atoms with Crippen LogP contribution in [0.4, 0.5) is 0 Å². The maximum Gasteiger partial charge on any atom is 0.222 e. The Balaban J connectivity index is 3.05. The highest BCUT2D eigenvalue weighted by atomic mass is 16.5. The summed E-state index contributed by atoms with van der Waals surface area (Å²) in [6.45, 7) is 3.28. The van der Waals surface area contributed by atoms with E-state index >= 15 is 0 Å². The van der Waals surface area contributed by atoms with Gasteiger partial charge in [-0.3, -0.25) is 9.59 Å². The van der Waals surface area contributed by atoms with Crippen LogP contribution in [0, 0.1) is 0 Å². The van der Waals surface area contributed by atoms with Crippen molar-refractivity contribution < 1.29 is 19.1 Å². The SMILES string of the molecule is CNC(=O)CCOCCOCCC(C)=O. The predicted octanol–water partition coefficient (Wildman–Crippen LogP) is 0.135. The van der Waals surface area contributed by atoms with Gasteiger partial charge in [0, 0.05) is 19.9 Å². The Morgan fingerprint density at radius 2 is 1.53 bits per heavy atom. The fraction of sp³-hybridized carbons (Fsp3) is 0.800. The number of ketones is 1. The molecule has 0 heterocycles. The monoisotopic (exact) mass is 217 g/mol. The van der Waals surface area contributed by atoms with Crippen LogP contribution in [0.1, 0.15) is 19.8 Å². The van der Waals surface area contributed by atoms with Crippen molar-refractivity contribution in [3.63, 3.8) is 0 Å². The van der Waals surface area contributed by atoms with Crippen LogP contribution in [-0.2, 0) is 19.1 Å². The minimum atomic E-state index is -0.0347. The van der Waals surface area contributed by atoms with E-state index in [-0.39, 0.29) is 11.7 Å². The molecule has 0 aliphatic carbocycles. The van der Waals surface area contributed by atoms with Crippen LogP contribution in [0.25, 0.3) is 0 Å². The Morgan fingerprint density at radius 3 is 2.00 bits per heavy atom. The van der Waals surface area contributed by atoms with Crippen molar-refractivity contribution in [2.75, 3.05) is 33.5 Å². The van der Waals surface area contributed by atoms with Gasteiger partial charge in [0.2, 0.25) is 5.91 Å². The van der Waals surface area contributed by atoms with Gasteiger partial charge in [-0.05, 0) is 6.92 Å². The fourth-order valence-electron chi connectivity index (χ4n) is 0.828. The van der Waals surface area contributed by atoms with Gasteiger partial charge in [-0.15, -0.1) is 0 Å². The first-order valence-electron chi connectivity index (χ1n) is 5.02. The standard InChI is InChI=1S/C10H19NO4/c1-9(12)3-5-14-7-8-15-6-4-10(13)11-2/h3-8H2,1-2H3,(H,11,13). The van der Waals surface area contributed by atoms with Crippen LogP contribution in [0.5, 0.6) is 0 Å². The molecule has 0 aromatic carbocycles. The molecule has 0 aliphatic heterocycles. The molecule has 1 N–H and O–H groups in total. The lowest BCUT2D eigenvalue weighted by Gasteiger charge is -2.04. The molecule has 0 saturated heterocycles. The highest BCUT2D eigenvalue weighted by molar-refractivity contribution is 5.75. The third kappa shape index (κ3) is 11.0. The van der Waals surface area contributed by atoms with Crippen LogP contribution < -0.4 is 5.32 Å². The average molecular weight is 217 g/mol. The Kier molecular flexibility index (Phi) is 9.01. The van der Waals surface area contributed by atoms with Gasteiger partial charge in [-0.1, -0.05) is 0 Å². The van der Waals surface area contributed by atoms with Crippen molar-refractivity contribution in [2.45, 2.75) is 19.8 Å². The number of amides is 1. The molecule has 0 fully saturated rings. The van der Waals surface area contributed by atoms with Gasteiger partial charge in [-0.25, -0.2) is 0 Å². The second-order valence-corrected chi connectivity index (χ2v) is 3.10. The number of hydrogen-bond donors (Lipinski definition) is 1. The van der Waals surface area contributed by atoms with E-state index in [1.165, 1.54) is 6.92 Å². The Hall–Kier alpha value is -0.940. The predicted molar refractivity (Wildman–Crippen MR) is 55.6 cm³/mol. The maximum atomic E-state index is 10.8. The summed E-state index contributed by atoms with van der Waals surface area (Å²) in [5.41, 5.74) is 0. The number of carbonyl (C=O) groups is 2. The third-order valence-electron chi connectivity index (χ3n) is 1.72. The van der Waals surface area contributed by atoms with Gasteiger partial charge in [0.1, 0.15) is 5.78 Å². The molecule has 0 spiro atoms. The van der Waals surface area contributed by atoms with Crippen LogP contribution in [0.15, 0.2) is 0 Å². The van der Waals surface area contributed by atoms with Crippen molar-refractivity contribution in [1.29, 1.82) is 0 Å². The Labute approximate surface area is 90.1 Å². The number of nitrogens with one attached hydrogen (secondary N) is 1. The second-order valence-electron chi connectivity index (χ2n) is 3.10. The quantitative estimate of drug-likeness (QED) is 0.558. The van der Waals surface area contributed by atoms with E-state index < -0.39 is 0 Å². The molecule has 15 heavy (non-hydrogen) atoms. The summed E-state index contributed by atoms with van der Waals surface area (Å²) in [6.07, 6.45) is 0.808. The van der Waals surface area contributed by atoms with Crippen molar-refractivity contribution in [3.8, 4) is 0 Å². The van der Waals surface area contributed by atoms with E-state index in [1.807, 2.05) is 0 Å². The first-order chi connectivity index (χ1) is 7.16. The Morgan fingerprint density at radius 1 is 1.00 bits per heavy atom. The topological polar surface area (TPSA) is 64.6 Å². The van der Waals surface area contributed by atoms with E-state index in [0.717, 1.165) is 0 Å². The second kappa shape index (κ2) is 9.61. The zero-order chi connectivity index (χ0) is 11.5. The van der Waals surface area contributed by atoms with Crippen molar-refractivity contribution >= 4 is 11.7 Å². The lowest BCUT2D eigenvalue weighted by Crippen LogP contribution is -2.20. The van der Waals surface area contributed by atoms with Crippen molar-refractivity contribution in [1.82, 2.24) is 5.32 Å². The highest BCUT2D eigenvalue weighted by Gasteiger charge is 1.97. The van der Waals surface area contributed by atoms with Gasteiger partial charge in [-0.2, -0.15) is 0 Å². The summed E-state index contributed by atoms with van der Waals surface area (Å²) in [5, 5.41) is 2.50.